The maximum absolute atomic E-state index is 6.69. The number of imidazole rings is 1. The molecule has 4 aromatic rings. The van der Waals surface area contributed by atoms with Gasteiger partial charge in [-0.2, -0.15) is 10.2 Å². The molecule has 0 bridgehead atoms. The summed E-state index contributed by atoms with van der Waals surface area (Å²) in [4.78, 5) is 6.99. The first-order chi connectivity index (χ1) is 13.4. The third-order valence-electron chi connectivity index (χ3n) is 5.31. The molecule has 0 spiro atoms. The molecule has 0 aliphatic carbocycles. The van der Waals surface area contributed by atoms with E-state index in [1.807, 2.05) is 42.2 Å². The van der Waals surface area contributed by atoms with Crippen LogP contribution in [0, 0.1) is 13.8 Å². The van der Waals surface area contributed by atoms with Gasteiger partial charge in [-0.05, 0) is 50.8 Å². The Hall–Kier alpha value is -2.18. The molecule has 146 valence electrons. The largest absolute Gasteiger partial charge is 0.267 e. The molecular weight excluding hydrogens is 390 g/mol. The summed E-state index contributed by atoms with van der Waals surface area (Å²) >= 11 is 8.34. The molecular formula is C21H24ClN5S. The van der Waals surface area contributed by atoms with E-state index in [2.05, 4.69) is 25.0 Å². The van der Waals surface area contributed by atoms with Crippen LogP contribution in [-0.4, -0.2) is 24.4 Å². The van der Waals surface area contributed by atoms with Crippen LogP contribution >= 0.6 is 22.9 Å². The van der Waals surface area contributed by atoms with Gasteiger partial charge in [0.25, 0.3) is 0 Å². The lowest BCUT2D eigenvalue weighted by atomic mass is 9.95. The van der Waals surface area contributed by atoms with E-state index >= 15 is 0 Å². The van der Waals surface area contributed by atoms with Crippen LogP contribution in [0.2, 0.25) is 5.02 Å². The molecule has 0 radical (unpaired) electrons. The summed E-state index contributed by atoms with van der Waals surface area (Å²) in [5.74, 6) is 0.475. The molecule has 28 heavy (non-hydrogen) atoms. The normalized spacial score (nSPS) is 11.8. The lowest BCUT2D eigenvalue weighted by Gasteiger charge is -2.14. The molecule has 0 aliphatic heterocycles. The van der Waals surface area contributed by atoms with E-state index in [1.165, 1.54) is 5.56 Å². The Labute approximate surface area is 174 Å². The van der Waals surface area contributed by atoms with Crippen LogP contribution < -0.4 is 0 Å². The number of aryl methyl sites for hydroxylation is 3. The summed E-state index contributed by atoms with van der Waals surface area (Å²) in [5, 5.41) is 9.79. The summed E-state index contributed by atoms with van der Waals surface area (Å²) in [6.45, 7) is 8.54. The molecule has 0 saturated heterocycles. The van der Waals surface area contributed by atoms with Gasteiger partial charge >= 0.3 is 0 Å². The highest BCUT2D eigenvalue weighted by Crippen LogP contribution is 2.42. The Bertz CT molecular complexity index is 1150. The van der Waals surface area contributed by atoms with Gasteiger partial charge in [-0.1, -0.05) is 25.4 Å². The maximum Gasteiger partial charge on any atom is 0.158 e. The molecule has 0 amide bonds. The first kappa shape index (κ1) is 19.2. The van der Waals surface area contributed by atoms with Gasteiger partial charge in [0.1, 0.15) is 5.69 Å². The van der Waals surface area contributed by atoms with Crippen molar-refractivity contribution in [1.82, 2.24) is 24.4 Å². The number of rotatable bonds is 5. The number of thiophene rings is 1. The van der Waals surface area contributed by atoms with Crippen LogP contribution in [0.25, 0.3) is 26.8 Å². The molecule has 0 saturated carbocycles. The molecule has 0 atom stereocenters. The van der Waals surface area contributed by atoms with Crippen LogP contribution in [0.3, 0.4) is 0 Å². The Morgan fingerprint density at radius 1 is 1.18 bits per heavy atom. The van der Waals surface area contributed by atoms with Crippen molar-refractivity contribution in [3.63, 3.8) is 0 Å². The fourth-order valence-electron chi connectivity index (χ4n) is 3.84. The van der Waals surface area contributed by atoms with E-state index in [9.17, 15) is 0 Å². The second-order valence-electron chi connectivity index (χ2n) is 7.16. The van der Waals surface area contributed by atoms with Crippen LogP contribution in [0.1, 0.15) is 49.6 Å². The lowest BCUT2D eigenvalue weighted by molar-refractivity contribution is 0.638. The first-order valence-corrected chi connectivity index (χ1v) is 10.8. The summed E-state index contributed by atoms with van der Waals surface area (Å²) in [7, 11) is 1.94. The number of aromatic nitrogens is 5. The summed E-state index contributed by atoms with van der Waals surface area (Å²) in [6.07, 6.45) is 3.97. The molecule has 4 aromatic heterocycles. The Kier molecular flexibility index (Phi) is 5.02. The fourth-order valence-corrected chi connectivity index (χ4v) is 5.41. The van der Waals surface area contributed by atoms with Gasteiger partial charge in [0.15, 0.2) is 5.65 Å². The Morgan fingerprint density at radius 2 is 1.93 bits per heavy atom. The van der Waals surface area contributed by atoms with Gasteiger partial charge in [0.2, 0.25) is 0 Å². The highest BCUT2D eigenvalue weighted by atomic mass is 35.5. The predicted molar refractivity (Wildman–Crippen MR) is 116 cm³/mol. The van der Waals surface area contributed by atoms with E-state index in [0.29, 0.717) is 5.92 Å². The molecule has 0 fully saturated rings. The van der Waals surface area contributed by atoms with Gasteiger partial charge < -0.3 is 0 Å². The van der Waals surface area contributed by atoms with Crippen molar-refractivity contribution in [2.45, 2.75) is 46.5 Å². The minimum absolute atomic E-state index is 0.475. The van der Waals surface area contributed by atoms with Gasteiger partial charge in [0, 0.05) is 18.8 Å². The summed E-state index contributed by atoms with van der Waals surface area (Å²) in [6, 6.07) is 6.19. The zero-order valence-electron chi connectivity index (χ0n) is 16.8. The van der Waals surface area contributed by atoms with E-state index in [1.54, 1.807) is 17.5 Å². The van der Waals surface area contributed by atoms with Crippen LogP contribution in [0.4, 0.5) is 0 Å². The number of halogens is 1. The summed E-state index contributed by atoms with van der Waals surface area (Å²) in [5.41, 5.74) is 6.18. The summed E-state index contributed by atoms with van der Waals surface area (Å²) < 4.78 is 3.85. The van der Waals surface area contributed by atoms with Gasteiger partial charge in [-0.15, -0.1) is 11.3 Å². The fraction of sp³-hybridized carbons (Fsp3) is 0.381. The quantitative estimate of drug-likeness (QED) is 0.401. The molecule has 4 rings (SSSR count). The second kappa shape index (κ2) is 7.33. The SMILES string of the molecule is CCC(CC)c1cc(C)nn2c(-c3sc(-c4ccnn4C)cc3Cl)c(C)nc12. The van der Waals surface area contributed by atoms with Crippen molar-refractivity contribution >= 4 is 28.6 Å². The van der Waals surface area contributed by atoms with Crippen molar-refractivity contribution in [1.29, 1.82) is 0 Å². The number of nitrogens with zero attached hydrogens (tertiary/aromatic N) is 5. The van der Waals surface area contributed by atoms with Crippen molar-refractivity contribution in [3.05, 3.63) is 46.4 Å². The first-order valence-electron chi connectivity index (χ1n) is 9.59. The Balaban J connectivity index is 1.94. The topological polar surface area (TPSA) is 48.0 Å². The zero-order valence-corrected chi connectivity index (χ0v) is 18.4. The average molecular weight is 414 g/mol. The van der Waals surface area contributed by atoms with Crippen LogP contribution in [-0.2, 0) is 7.05 Å². The standard InChI is InChI=1S/C21H24ClN5S/c1-6-14(7-2)15-10-12(3)25-27-19(13(4)24-21(15)27)20-16(22)11-18(28-20)17-8-9-23-26(17)5/h8-11,14H,6-7H2,1-5H3. The predicted octanol–water partition coefficient (Wildman–Crippen LogP) is 6.03. The second-order valence-corrected chi connectivity index (χ2v) is 8.62. The van der Waals surface area contributed by atoms with Crippen molar-refractivity contribution in [3.8, 4) is 21.1 Å². The van der Waals surface area contributed by atoms with E-state index in [-0.39, 0.29) is 0 Å². The number of fused-ring (bicyclic) bond motifs is 1. The van der Waals surface area contributed by atoms with Gasteiger partial charge in [-0.3, -0.25) is 4.68 Å². The van der Waals surface area contributed by atoms with E-state index in [4.69, 9.17) is 21.7 Å². The average Bonchev–Trinajstić information content (AvgIpc) is 3.32. The van der Waals surface area contributed by atoms with Crippen molar-refractivity contribution in [2.24, 2.45) is 7.05 Å². The van der Waals surface area contributed by atoms with E-state index in [0.717, 1.165) is 56.0 Å². The smallest absolute Gasteiger partial charge is 0.158 e. The lowest BCUT2D eigenvalue weighted by Crippen LogP contribution is -2.04. The van der Waals surface area contributed by atoms with E-state index < -0.39 is 0 Å². The maximum atomic E-state index is 6.69. The monoisotopic (exact) mass is 413 g/mol. The molecule has 5 nitrogen and oxygen atoms in total. The van der Waals surface area contributed by atoms with Gasteiger partial charge in [-0.25, -0.2) is 9.50 Å². The van der Waals surface area contributed by atoms with Crippen LogP contribution in [0.15, 0.2) is 24.4 Å². The molecule has 0 aromatic carbocycles. The zero-order chi connectivity index (χ0) is 20.0. The Morgan fingerprint density at radius 3 is 2.57 bits per heavy atom. The highest BCUT2D eigenvalue weighted by molar-refractivity contribution is 7.19. The molecule has 4 heterocycles. The third kappa shape index (κ3) is 3.05. The number of hydrogen-bond acceptors (Lipinski definition) is 4. The minimum atomic E-state index is 0.475. The van der Waals surface area contributed by atoms with Crippen molar-refractivity contribution in [2.75, 3.05) is 0 Å². The van der Waals surface area contributed by atoms with Crippen molar-refractivity contribution < 1.29 is 0 Å². The number of hydrogen-bond donors (Lipinski definition) is 0. The third-order valence-corrected chi connectivity index (χ3v) is 6.88. The molecule has 0 unspecified atom stereocenters. The highest BCUT2D eigenvalue weighted by Gasteiger charge is 2.23. The molecule has 0 aliphatic rings. The molecule has 0 N–H and O–H groups in total. The van der Waals surface area contributed by atoms with Gasteiger partial charge in [0.05, 0.1) is 31.9 Å². The molecule has 7 heteroatoms. The minimum Gasteiger partial charge on any atom is -0.267 e. The van der Waals surface area contributed by atoms with Crippen LogP contribution in [0.5, 0.6) is 0 Å².